The largest absolute Gasteiger partial charge is 0.354 e. The number of aromatic nitrogens is 1. The van der Waals surface area contributed by atoms with E-state index in [1.807, 2.05) is 23.1 Å². The molecule has 0 aromatic carbocycles. The van der Waals surface area contributed by atoms with Gasteiger partial charge >= 0.3 is 0 Å². The molecule has 2 rings (SSSR count). The van der Waals surface area contributed by atoms with Crippen molar-refractivity contribution >= 4 is 23.6 Å². The van der Waals surface area contributed by atoms with E-state index in [0.717, 1.165) is 43.0 Å². The maximum absolute atomic E-state index is 12.6. The first kappa shape index (κ1) is 19.7. The second-order valence-corrected chi connectivity index (χ2v) is 7.31. The summed E-state index contributed by atoms with van der Waals surface area (Å²) < 4.78 is 0. The number of likely N-dealkylation sites (tertiary alicyclic amines) is 1. The normalized spacial score (nSPS) is 17.3. The molecular formula is C18H28N4O2S. The Morgan fingerprint density at radius 1 is 1.32 bits per heavy atom. The lowest BCUT2D eigenvalue weighted by Crippen LogP contribution is -2.49. The van der Waals surface area contributed by atoms with Gasteiger partial charge in [0, 0.05) is 56.2 Å². The Labute approximate surface area is 153 Å². The Hall–Kier alpha value is -1.60. The summed E-state index contributed by atoms with van der Waals surface area (Å²) in [5, 5.41) is 2.90. The van der Waals surface area contributed by atoms with Crippen LogP contribution in [0, 0.1) is 0 Å². The molecule has 2 heterocycles. The molecule has 138 valence electrons. The van der Waals surface area contributed by atoms with Crippen LogP contribution in [0.25, 0.3) is 0 Å². The first-order valence-corrected chi connectivity index (χ1v) is 10.1. The lowest BCUT2D eigenvalue weighted by atomic mass is 10.0. The molecule has 0 saturated carbocycles. The van der Waals surface area contributed by atoms with Crippen LogP contribution in [0.15, 0.2) is 24.4 Å². The van der Waals surface area contributed by atoms with Crippen LogP contribution in [0.3, 0.4) is 0 Å². The number of nitrogens with one attached hydrogen (secondary N) is 1. The molecular weight excluding hydrogens is 336 g/mol. The predicted octanol–water partition coefficient (Wildman–Crippen LogP) is 1.55. The van der Waals surface area contributed by atoms with Crippen molar-refractivity contribution in [3.8, 4) is 0 Å². The van der Waals surface area contributed by atoms with Crippen LogP contribution in [0.2, 0.25) is 0 Å². The van der Waals surface area contributed by atoms with Crippen LogP contribution < -0.4 is 11.1 Å². The van der Waals surface area contributed by atoms with E-state index < -0.39 is 0 Å². The van der Waals surface area contributed by atoms with Gasteiger partial charge in [0.2, 0.25) is 11.8 Å². The van der Waals surface area contributed by atoms with Crippen LogP contribution in [-0.2, 0) is 15.3 Å². The molecule has 1 aliphatic heterocycles. The number of carbonyl (C=O) groups excluding carboxylic acids is 2. The van der Waals surface area contributed by atoms with E-state index in [-0.39, 0.29) is 17.9 Å². The van der Waals surface area contributed by atoms with Gasteiger partial charge < -0.3 is 16.0 Å². The molecule has 0 radical (unpaired) electrons. The van der Waals surface area contributed by atoms with Gasteiger partial charge in [-0.3, -0.25) is 14.6 Å². The number of pyridine rings is 1. The number of hydrogen-bond donors (Lipinski definition) is 2. The van der Waals surface area contributed by atoms with E-state index in [2.05, 4.69) is 10.3 Å². The fourth-order valence-electron chi connectivity index (χ4n) is 2.96. The molecule has 2 amide bonds. The highest BCUT2D eigenvalue weighted by Crippen LogP contribution is 2.19. The number of piperidine rings is 1. The van der Waals surface area contributed by atoms with Gasteiger partial charge in [0.05, 0.1) is 5.69 Å². The summed E-state index contributed by atoms with van der Waals surface area (Å²) in [5.74, 6) is 1.77. The summed E-state index contributed by atoms with van der Waals surface area (Å²) in [6.45, 7) is 1.68. The standard InChI is InChI=1S/C18H28N4O2S/c19-9-7-17(23)21-13-16-6-2-4-11-22(16)18(24)8-12-25-14-15-5-1-3-10-20-15/h1,3,5,10,16H,2,4,6-9,11-14,19H2,(H,21,23). The minimum atomic E-state index is -0.0358. The molecule has 0 aliphatic carbocycles. The summed E-state index contributed by atoms with van der Waals surface area (Å²) in [6, 6.07) is 5.99. The molecule has 1 saturated heterocycles. The van der Waals surface area contributed by atoms with E-state index in [0.29, 0.717) is 25.9 Å². The van der Waals surface area contributed by atoms with Gasteiger partial charge in [0.15, 0.2) is 0 Å². The van der Waals surface area contributed by atoms with E-state index in [1.165, 1.54) is 0 Å². The SMILES string of the molecule is NCCC(=O)NCC1CCCCN1C(=O)CCSCc1ccccn1. The summed E-state index contributed by atoms with van der Waals surface area (Å²) >= 11 is 1.73. The third kappa shape index (κ3) is 7.04. The van der Waals surface area contributed by atoms with Crippen LogP contribution in [0.1, 0.15) is 37.8 Å². The van der Waals surface area contributed by atoms with Gasteiger partial charge in [0.1, 0.15) is 0 Å². The molecule has 1 aromatic rings. The maximum atomic E-state index is 12.6. The molecule has 1 unspecified atom stereocenters. The summed E-state index contributed by atoms with van der Waals surface area (Å²) in [6.07, 6.45) is 5.76. The maximum Gasteiger partial charge on any atom is 0.223 e. The van der Waals surface area contributed by atoms with E-state index in [4.69, 9.17) is 5.73 Å². The third-order valence-corrected chi connectivity index (χ3v) is 5.28. The van der Waals surface area contributed by atoms with Crippen LogP contribution in [-0.4, -0.2) is 53.1 Å². The zero-order chi connectivity index (χ0) is 17.9. The second kappa shape index (κ2) is 11.1. The van der Waals surface area contributed by atoms with Crippen molar-refractivity contribution in [2.24, 2.45) is 5.73 Å². The van der Waals surface area contributed by atoms with Gasteiger partial charge in [0.25, 0.3) is 0 Å². The van der Waals surface area contributed by atoms with Crippen molar-refractivity contribution in [3.63, 3.8) is 0 Å². The Morgan fingerprint density at radius 2 is 2.20 bits per heavy atom. The highest BCUT2D eigenvalue weighted by atomic mass is 32.2. The third-order valence-electron chi connectivity index (χ3n) is 4.29. The molecule has 6 nitrogen and oxygen atoms in total. The van der Waals surface area contributed by atoms with Crippen LogP contribution >= 0.6 is 11.8 Å². The first-order valence-electron chi connectivity index (χ1n) is 8.94. The van der Waals surface area contributed by atoms with E-state index >= 15 is 0 Å². The lowest BCUT2D eigenvalue weighted by molar-refractivity contribution is -0.135. The lowest BCUT2D eigenvalue weighted by Gasteiger charge is -2.36. The van der Waals surface area contributed by atoms with E-state index in [9.17, 15) is 9.59 Å². The van der Waals surface area contributed by atoms with Crippen LogP contribution in [0.5, 0.6) is 0 Å². The molecule has 7 heteroatoms. The molecule has 25 heavy (non-hydrogen) atoms. The number of hydrogen-bond acceptors (Lipinski definition) is 5. The fraction of sp³-hybridized carbons (Fsp3) is 0.611. The second-order valence-electron chi connectivity index (χ2n) is 6.20. The quantitative estimate of drug-likeness (QED) is 0.649. The summed E-state index contributed by atoms with van der Waals surface area (Å²) in [7, 11) is 0. The monoisotopic (exact) mass is 364 g/mol. The summed E-state index contributed by atoms with van der Waals surface area (Å²) in [5.41, 5.74) is 6.43. The number of nitrogens with two attached hydrogens (primary N) is 1. The highest BCUT2D eigenvalue weighted by molar-refractivity contribution is 7.98. The number of nitrogens with zero attached hydrogens (tertiary/aromatic N) is 2. The summed E-state index contributed by atoms with van der Waals surface area (Å²) in [4.78, 5) is 30.4. The Bertz CT molecular complexity index is 541. The average Bonchev–Trinajstić information content (AvgIpc) is 2.65. The Kier molecular flexibility index (Phi) is 8.76. The topological polar surface area (TPSA) is 88.3 Å². The van der Waals surface area contributed by atoms with Crippen molar-refractivity contribution in [2.45, 2.75) is 43.9 Å². The van der Waals surface area contributed by atoms with Crippen molar-refractivity contribution in [3.05, 3.63) is 30.1 Å². The van der Waals surface area contributed by atoms with Crippen molar-refractivity contribution in [1.82, 2.24) is 15.2 Å². The van der Waals surface area contributed by atoms with E-state index in [1.54, 1.807) is 18.0 Å². The van der Waals surface area contributed by atoms with Crippen molar-refractivity contribution in [1.29, 1.82) is 0 Å². The molecule has 3 N–H and O–H groups in total. The smallest absolute Gasteiger partial charge is 0.223 e. The first-order chi connectivity index (χ1) is 12.2. The average molecular weight is 365 g/mol. The molecule has 1 atom stereocenters. The van der Waals surface area contributed by atoms with Gasteiger partial charge in [-0.05, 0) is 31.4 Å². The zero-order valence-electron chi connectivity index (χ0n) is 14.7. The van der Waals surface area contributed by atoms with Gasteiger partial charge in [-0.2, -0.15) is 11.8 Å². The van der Waals surface area contributed by atoms with Gasteiger partial charge in [-0.1, -0.05) is 6.07 Å². The Morgan fingerprint density at radius 3 is 2.96 bits per heavy atom. The zero-order valence-corrected chi connectivity index (χ0v) is 15.5. The minimum absolute atomic E-state index is 0.0358. The number of carbonyl (C=O) groups is 2. The van der Waals surface area contributed by atoms with Gasteiger partial charge in [-0.25, -0.2) is 0 Å². The molecule has 0 spiro atoms. The molecule has 1 fully saturated rings. The van der Waals surface area contributed by atoms with Crippen molar-refractivity contribution in [2.75, 3.05) is 25.4 Å². The van der Waals surface area contributed by atoms with Crippen molar-refractivity contribution < 1.29 is 9.59 Å². The predicted molar refractivity (Wildman–Crippen MR) is 101 cm³/mol. The number of rotatable bonds is 9. The molecule has 1 aliphatic rings. The Balaban J connectivity index is 1.72. The minimum Gasteiger partial charge on any atom is -0.354 e. The highest BCUT2D eigenvalue weighted by Gasteiger charge is 2.26. The molecule has 1 aromatic heterocycles. The van der Waals surface area contributed by atoms with Crippen LogP contribution in [0.4, 0.5) is 0 Å². The fourth-order valence-corrected chi connectivity index (χ4v) is 3.80. The number of thioether (sulfide) groups is 1. The number of amides is 2. The van der Waals surface area contributed by atoms with Gasteiger partial charge in [-0.15, -0.1) is 0 Å². The molecule has 0 bridgehead atoms.